The number of aryl methyl sites for hydroxylation is 1. The van der Waals surface area contributed by atoms with Crippen LogP contribution in [0, 0.1) is 6.92 Å². The van der Waals surface area contributed by atoms with E-state index in [0.717, 1.165) is 21.4 Å². The fourth-order valence-corrected chi connectivity index (χ4v) is 2.06. The molecule has 0 heterocycles. The van der Waals surface area contributed by atoms with Crippen LogP contribution in [0.15, 0.2) is 46.9 Å². The maximum atomic E-state index is 10.8. The number of hydrogen-bond acceptors (Lipinski definition) is 2. The summed E-state index contributed by atoms with van der Waals surface area (Å²) in [6, 6.07) is 12.8. The van der Waals surface area contributed by atoms with E-state index in [2.05, 4.69) is 21.2 Å². The highest BCUT2D eigenvalue weighted by atomic mass is 79.9. The summed E-state index contributed by atoms with van der Waals surface area (Å²) < 4.78 is 0.993. The van der Waals surface area contributed by atoms with Crippen LogP contribution in [0.4, 0.5) is 11.4 Å². The highest BCUT2D eigenvalue weighted by molar-refractivity contribution is 9.10. The van der Waals surface area contributed by atoms with Gasteiger partial charge in [0.25, 0.3) is 0 Å². The first-order chi connectivity index (χ1) is 8.56. The zero-order valence-electron chi connectivity index (χ0n) is 9.77. The van der Waals surface area contributed by atoms with Crippen LogP contribution in [0.5, 0.6) is 0 Å². The average Bonchev–Trinajstić information content (AvgIpc) is 2.31. The normalized spacial score (nSPS) is 10.1. The van der Waals surface area contributed by atoms with Gasteiger partial charge in [-0.3, -0.25) is 0 Å². The van der Waals surface area contributed by atoms with Crippen molar-refractivity contribution in [3.05, 3.63) is 58.1 Å². The average molecular weight is 306 g/mol. The van der Waals surface area contributed by atoms with Gasteiger partial charge in [0.2, 0.25) is 0 Å². The Bertz CT molecular complexity index is 596. The molecule has 2 rings (SSSR count). The Morgan fingerprint density at radius 1 is 1.22 bits per heavy atom. The molecule has 0 spiro atoms. The molecule has 3 nitrogen and oxygen atoms in total. The quantitative estimate of drug-likeness (QED) is 0.893. The van der Waals surface area contributed by atoms with E-state index >= 15 is 0 Å². The summed E-state index contributed by atoms with van der Waals surface area (Å²) in [6.45, 7) is 1.88. The number of carbonyl (C=O) groups is 1. The molecule has 0 saturated heterocycles. The van der Waals surface area contributed by atoms with Crippen molar-refractivity contribution in [2.24, 2.45) is 0 Å². The number of nitrogens with one attached hydrogen (secondary N) is 1. The number of carboxylic acid groups (broad SMARTS) is 1. The molecule has 0 aromatic heterocycles. The van der Waals surface area contributed by atoms with Crippen molar-refractivity contribution >= 4 is 33.3 Å². The number of rotatable bonds is 3. The Kier molecular flexibility index (Phi) is 3.67. The van der Waals surface area contributed by atoms with Crippen LogP contribution in [0.25, 0.3) is 0 Å². The number of carboxylic acids is 1. The molecule has 0 aliphatic heterocycles. The van der Waals surface area contributed by atoms with Crippen molar-refractivity contribution in [3.8, 4) is 0 Å². The van der Waals surface area contributed by atoms with Crippen LogP contribution in [0.2, 0.25) is 0 Å². The number of benzene rings is 2. The molecule has 0 unspecified atom stereocenters. The first-order valence-corrected chi connectivity index (χ1v) is 6.22. The fraction of sp³-hybridized carbons (Fsp3) is 0.0714. The van der Waals surface area contributed by atoms with Gasteiger partial charge in [-0.25, -0.2) is 4.79 Å². The number of anilines is 2. The van der Waals surface area contributed by atoms with Gasteiger partial charge >= 0.3 is 5.97 Å². The van der Waals surface area contributed by atoms with Gasteiger partial charge in [-0.2, -0.15) is 0 Å². The van der Waals surface area contributed by atoms with E-state index < -0.39 is 5.97 Å². The summed E-state index contributed by atoms with van der Waals surface area (Å²) in [4.78, 5) is 10.8. The largest absolute Gasteiger partial charge is 0.478 e. The summed E-state index contributed by atoms with van der Waals surface area (Å²) in [5.41, 5.74) is 3.05. The van der Waals surface area contributed by atoms with Crippen LogP contribution in [-0.2, 0) is 0 Å². The van der Waals surface area contributed by atoms with E-state index in [1.165, 1.54) is 0 Å². The van der Waals surface area contributed by atoms with Gasteiger partial charge < -0.3 is 10.4 Å². The molecule has 0 aliphatic carbocycles. The highest BCUT2D eigenvalue weighted by Crippen LogP contribution is 2.23. The van der Waals surface area contributed by atoms with Crippen molar-refractivity contribution in [1.29, 1.82) is 0 Å². The van der Waals surface area contributed by atoms with E-state index in [4.69, 9.17) is 5.11 Å². The van der Waals surface area contributed by atoms with E-state index in [1.54, 1.807) is 18.2 Å². The summed E-state index contributed by atoms with van der Waals surface area (Å²) in [7, 11) is 0. The Morgan fingerprint density at radius 2 is 2.00 bits per heavy atom. The molecule has 18 heavy (non-hydrogen) atoms. The number of halogens is 1. The Morgan fingerprint density at radius 3 is 2.61 bits per heavy atom. The third-order valence-electron chi connectivity index (χ3n) is 2.58. The Labute approximate surface area is 114 Å². The van der Waals surface area contributed by atoms with Crippen LogP contribution >= 0.6 is 15.9 Å². The predicted octanol–water partition coefficient (Wildman–Crippen LogP) is 4.20. The molecule has 2 aromatic carbocycles. The number of hydrogen-bond donors (Lipinski definition) is 2. The minimum Gasteiger partial charge on any atom is -0.478 e. The molecule has 0 fully saturated rings. The molecule has 0 saturated carbocycles. The van der Waals surface area contributed by atoms with Gasteiger partial charge in [0.1, 0.15) is 0 Å². The van der Waals surface area contributed by atoms with E-state index in [0.29, 0.717) is 5.56 Å². The lowest BCUT2D eigenvalue weighted by Gasteiger charge is -2.10. The smallest absolute Gasteiger partial charge is 0.335 e. The van der Waals surface area contributed by atoms with Crippen molar-refractivity contribution in [1.82, 2.24) is 0 Å². The predicted molar refractivity (Wildman–Crippen MR) is 75.6 cm³/mol. The first-order valence-electron chi connectivity index (χ1n) is 5.43. The second-order valence-electron chi connectivity index (χ2n) is 3.97. The molecule has 0 amide bonds. The lowest BCUT2D eigenvalue weighted by molar-refractivity contribution is 0.0697. The maximum Gasteiger partial charge on any atom is 0.335 e. The molecule has 0 radical (unpaired) electrons. The van der Waals surface area contributed by atoms with Crippen LogP contribution < -0.4 is 5.32 Å². The zero-order valence-corrected chi connectivity index (χ0v) is 11.4. The van der Waals surface area contributed by atoms with E-state index in [9.17, 15) is 4.79 Å². The third-order valence-corrected chi connectivity index (χ3v) is 3.07. The number of aromatic carboxylic acids is 1. The summed E-state index contributed by atoms with van der Waals surface area (Å²) >= 11 is 3.41. The second kappa shape index (κ2) is 5.23. The fourth-order valence-electron chi connectivity index (χ4n) is 1.66. The molecule has 2 N–H and O–H groups in total. The molecular formula is C14H12BrNO2. The Balaban J connectivity index is 2.27. The highest BCUT2D eigenvalue weighted by Gasteiger charge is 2.05. The summed E-state index contributed by atoms with van der Waals surface area (Å²) in [6.07, 6.45) is 0. The van der Waals surface area contributed by atoms with Gasteiger partial charge in [-0.15, -0.1) is 0 Å². The van der Waals surface area contributed by atoms with Crippen molar-refractivity contribution in [2.45, 2.75) is 6.92 Å². The van der Waals surface area contributed by atoms with Gasteiger partial charge in [-0.1, -0.05) is 22.0 Å². The minimum atomic E-state index is -0.910. The van der Waals surface area contributed by atoms with Crippen molar-refractivity contribution in [2.75, 3.05) is 5.32 Å². The van der Waals surface area contributed by atoms with Gasteiger partial charge in [0, 0.05) is 15.8 Å². The molecule has 0 bridgehead atoms. The summed E-state index contributed by atoms with van der Waals surface area (Å²) in [5.74, 6) is -0.910. The summed E-state index contributed by atoms with van der Waals surface area (Å²) in [5, 5.41) is 12.2. The van der Waals surface area contributed by atoms with Crippen molar-refractivity contribution < 1.29 is 9.90 Å². The lowest BCUT2D eigenvalue weighted by atomic mass is 10.1. The monoisotopic (exact) mass is 305 g/mol. The first kappa shape index (κ1) is 12.6. The van der Waals surface area contributed by atoms with E-state index in [-0.39, 0.29) is 0 Å². The molecule has 0 atom stereocenters. The molecule has 2 aromatic rings. The van der Waals surface area contributed by atoms with E-state index in [1.807, 2.05) is 31.2 Å². The van der Waals surface area contributed by atoms with Crippen LogP contribution in [0.3, 0.4) is 0 Å². The van der Waals surface area contributed by atoms with Crippen LogP contribution in [0.1, 0.15) is 15.9 Å². The standard InChI is InChI=1S/C14H12BrNO2/c1-9-7-10(14(17)18)5-6-13(9)16-12-4-2-3-11(15)8-12/h2-8,16H,1H3,(H,17,18). The zero-order chi connectivity index (χ0) is 13.1. The van der Waals surface area contributed by atoms with Gasteiger partial charge in [-0.05, 0) is 48.9 Å². The minimum absolute atomic E-state index is 0.298. The molecule has 4 heteroatoms. The molecule has 92 valence electrons. The van der Waals surface area contributed by atoms with Crippen LogP contribution in [-0.4, -0.2) is 11.1 Å². The van der Waals surface area contributed by atoms with Gasteiger partial charge in [0.05, 0.1) is 5.56 Å². The third kappa shape index (κ3) is 2.90. The second-order valence-corrected chi connectivity index (χ2v) is 4.89. The molecular weight excluding hydrogens is 294 g/mol. The topological polar surface area (TPSA) is 49.3 Å². The molecule has 0 aliphatic rings. The maximum absolute atomic E-state index is 10.8. The van der Waals surface area contributed by atoms with Gasteiger partial charge in [0.15, 0.2) is 0 Å². The lowest BCUT2D eigenvalue weighted by Crippen LogP contribution is -1.99. The SMILES string of the molecule is Cc1cc(C(=O)O)ccc1Nc1cccc(Br)c1. The Hall–Kier alpha value is -1.81. The van der Waals surface area contributed by atoms with Crippen molar-refractivity contribution in [3.63, 3.8) is 0 Å².